The van der Waals surface area contributed by atoms with E-state index in [4.69, 9.17) is 0 Å². The minimum atomic E-state index is -4.55. The summed E-state index contributed by atoms with van der Waals surface area (Å²) in [7, 11) is 0. The van der Waals surface area contributed by atoms with Crippen molar-refractivity contribution in [3.05, 3.63) is 39.4 Å². The minimum Gasteiger partial charge on any atom is -0.349 e. The highest BCUT2D eigenvalue weighted by molar-refractivity contribution is 5.98. The number of nitro groups is 1. The number of carbonyl (C=O) groups is 1. The molecule has 0 fully saturated rings. The number of hydrogen-bond donors (Lipinski definition) is 1. The summed E-state index contributed by atoms with van der Waals surface area (Å²) < 4.78 is 62.3. The van der Waals surface area contributed by atoms with Crippen LogP contribution in [0.5, 0.6) is 0 Å². The van der Waals surface area contributed by atoms with Crippen LogP contribution >= 0.6 is 0 Å². The number of hydrogen-bond acceptors (Lipinski definition) is 3. The van der Waals surface area contributed by atoms with E-state index in [0.717, 1.165) is 6.92 Å². The molecule has 0 saturated heterocycles. The number of halogens is 5. The second-order valence-corrected chi connectivity index (χ2v) is 4.23. The standard InChI is InChI=1S/C11H9F5N2O3/c1-5(4-11(14,15)16)17-10(19)6-2-7(12)8(13)3-9(6)18(20)21/h2-3,5H,4H2,1H3,(H,17,19). The predicted molar refractivity (Wildman–Crippen MR) is 60.6 cm³/mol. The van der Waals surface area contributed by atoms with E-state index in [0.29, 0.717) is 0 Å². The second-order valence-electron chi connectivity index (χ2n) is 4.23. The average molecular weight is 312 g/mol. The molecule has 116 valence electrons. The van der Waals surface area contributed by atoms with Crippen LogP contribution in [-0.4, -0.2) is 23.0 Å². The number of rotatable bonds is 4. The third kappa shape index (κ3) is 4.65. The second kappa shape index (κ2) is 6.02. The van der Waals surface area contributed by atoms with Crippen LogP contribution in [0.25, 0.3) is 0 Å². The maximum atomic E-state index is 13.0. The number of nitro benzene ring substituents is 1. The molecule has 0 aliphatic rings. The van der Waals surface area contributed by atoms with Crippen molar-refractivity contribution in [2.45, 2.75) is 25.6 Å². The lowest BCUT2D eigenvalue weighted by molar-refractivity contribution is -0.385. The Morgan fingerprint density at radius 1 is 1.33 bits per heavy atom. The molecule has 0 aliphatic heterocycles. The first-order valence-electron chi connectivity index (χ1n) is 5.52. The monoisotopic (exact) mass is 312 g/mol. The van der Waals surface area contributed by atoms with E-state index in [1.807, 2.05) is 5.32 Å². The van der Waals surface area contributed by atoms with Crippen molar-refractivity contribution < 1.29 is 31.7 Å². The van der Waals surface area contributed by atoms with E-state index in [2.05, 4.69) is 0 Å². The van der Waals surface area contributed by atoms with Gasteiger partial charge >= 0.3 is 6.18 Å². The Hall–Kier alpha value is -2.26. The zero-order chi connectivity index (χ0) is 16.4. The van der Waals surface area contributed by atoms with E-state index in [-0.39, 0.29) is 12.1 Å². The molecule has 0 aliphatic carbocycles. The van der Waals surface area contributed by atoms with E-state index in [9.17, 15) is 36.9 Å². The molecule has 0 spiro atoms. The summed E-state index contributed by atoms with van der Waals surface area (Å²) in [5, 5.41) is 12.5. The highest BCUT2D eigenvalue weighted by Gasteiger charge is 2.32. The van der Waals surface area contributed by atoms with Gasteiger partial charge in [-0.2, -0.15) is 13.2 Å². The van der Waals surface area contributed by atoms with Crippen LogP contribution in [-0.2, 0) is 0 Å². The molecule has 1 rings (SSSR count). The van der Waals surface area contributed by atoms with Gasteiger partial charge in [-0.3, -0.25) is 14.9 Å². The van der Waals surface area contributed by atoms with Crippen LogP contribution in [0.15, 0.2) is 12.1 Å². The first-order chi connectivity index (χ1) is 9.51. The molecular weight excluding hydrogens is 303 g/mol. The molecule has 0 saturated carbocycles. The lowest BCUT2D eigenvalue weighted by Gasteiger charge is -2.15. The smallest absolute Gasteiger partial charge is 0.349 e. The fourth-order valence-corrected chi connectivity index (χ4v) is 1.57. The first kappa shape index (κ1) is 16.8. The SMILES string of the molecule is CC(CC(F)(F)F)NC(=O)c1cc(F)c(F)cc1[N+](=O)[O-]. The molecule has 1 unspecified atom stereocenters. The van der Waals surface area contributed by atoms with Crippen molar-refractivity contribution in [1.29, 1.82) is 0 Å². The van der Waals surface area contributed by atoms with E-state index < -0.39 is 52.4 Å². The van der Waals surface area contributed by atoms with E-state index in [1.165, 1.54) is 0 Å². The summed E-state index contributed by atoms with van der Waals surface area (Å²) in [6.45, 7) is 1.02. The predicted octanol–water partition coefficient (Wildman–Crippen LogP) is 2.94. The van der Waals surface area contributed by atoms with Gasteiger partial charge in [-0.05, 0) is 13.0 Å². The molecule has 10 heteroatoms. The van der Waals surface area contributed by atoms with Crippen molar-refractivity contribution in [2.24, 2.45) is 0 Å². The molecule has 1 aromatic rings. The van der Waals surface area contributed by atoms with Gasteiger partial charge in [0.2, 0.25) is 0 Å². The van der Waals surface area contributed by atoms with Crippen molar-refractivity contribution in [2.75, 3.05) is 0 Å². The molecule has 0 heterocycles. The number of benzene rings is 1. The minimum absolute atomic E-state index is 0.193. The maximum absolute atomic E-state index is 13.0. The molecule has 1 aromatic carbocycles. The van der Waals surface area contributed by atoms with Crippen LogP contribution < -0.4 is 5.32 Å². The van der Waals surface area contributed by atoms with Gasteiger partial charge in [0.05, 0.1) is 17.4 Å². The average Bonchev–Trinajstić information content (AvgIpc) is 2.28. The van der Waals surface area contributed by atoms with Crippen molar-refractivity contribution in [3.63, 3.8) is 0 Å². The van der Waals surface area contributed by atoms with Gasteiger partial charge in [0, 0.05) is 6.04 Å². The van der Waals surface area contributed by atoms with Crippen LogP contribution in [0.2, 0.25) is 0 Å². The topological polar surface area (TPSA) is 72.2 Å². The van der Waals surface area contributed by atoms with Crippen molar-refractivity contribution in [1.82, 2.24) is 5.32 Å². The molecular formula is C11H9F5N2O3. The molecule has 1 N–H and O–H groups in total. The summed E-state index contributed by atoms with van der Waals surface area (Å²) in [6.07, 6.45) is -5.91. The Balaban J connectivity index is 3.02. The van der Waals surface area contributed by atoms with Gasteiger partial charge in [0.1, 0.15) is 5.56 Å². The number of amides is 1. The summed E-state index contributed by atoms with van der Waals surface area (Å²) in [6, 6.07) is -0.924. The highest BCUT2D eigenvalue weighted by atomic mass is 19.4. The van der Waals surface area contributed by atoms with E-state index >= 15 is 0 Å². The van der Waals surface area contributed by atoms with Gasteiger partial charge in [-0.15, -0.1) is 0 Å². The fraction of sp³-hybridized carbons (Fsp3) is 0.364. The van der Waals surface area contributed by atoms with Gasteiger partial charge < -0.3 is 5.32 Å². The molecule has 1 amide bonds. The Kier molecular flexibility index (Phi) is 4.81. The van der Waals surface area contributed by atoms with Crippen LogP contribution in [0.3, 0.4) is 0 Å². The van der Waals surface area contributed by atoms with Crippen LogP contribution in [0, 0.1) is 21.7 Å². The van der Waals surface area contributed by atoms with Gasteiger partial charge in [0.25, 0.3) is 11.6 Å². The van der Waals surface area contributed by atoms with Crippen molar-refractivity contribution >= 4 is 11.6 Å². The Morgan fingerprint density at radius 3 is 2.33 bits per heavy atom. The highest BCUT2D eigenvalue weighted by Crippen LogP contribution is 2.24. The lowest BCUT2D eigenvalue weighted by Crippen LogP contribution is -2.36. The Bertz CT molecular complexity index is 574. The third-order valence-electron chi connectivity index (χ3n) is 2.40. The van der Waals surface area contributed by atoms with Gasteiger partial charge in [-0.25, -0.2) is 8.78 Å². The summed E-state index contributed by atoms with van der Waals surface area (Å²) in [5.74, 6) is -4.35. The first-order valence-corrected chi connectivity index (χ1v) is 5.52. The summed E-state index contributed by atoms with van der Waals surface area (Å²) in [5.41, 5.74) is -1.89. The molecule has 1 atom stereocenters. The lowest BCUT2D eigenvalue weighted by atomic mass is 10.1. The Labute approximate surface area is 114 Å². The molecule has 0 aromatic heterocycles. The third-order valence-corrected chi connectivity index (χ3v) is 2.40. The fourth-order valence-electron chi connectivity index (χ4n) is 1.57. The summed E-state index contributed by atoms with van der Waals surface area (Å²) in [4.78, 5) is 21.2. The molecule has 0 bridgehead atoms. The number of nitrogens with one attached hydrogen (secondary N) is 1. The Morgan fingerprint density at radius 2 is 1.86 bits per heavy atom. The van der Waals surface area contributed by atoms with E-state index in [1.54, 1.807) is 0 Å². The number of alkyl halides is 3. The van der Waals surface area contributed by atoms with Crippen LogP contribution in [0.1, 0.15) is 23.7 Å². The normalized spacial score (nSPS) is 12.9. The largest absolute Gasteiger partial charge is 0.391 e. The number of nitrogens with zero attached hydrogens (tertiary/aromatic N) is 1. The molecule has 0 radical (unpaired) electrons. The molecule has 21 heavy (non-hydrogen) atoms. The maximum Gasteiger partial charge on any atom is 0.391 e. The zero-order valence-electron chi connectivity index (χ0n) is 10.5. The van der Waals surface area contributed by atoms with Crippen molar-refractivity contribution in [3.8, 4) is 0 Å². The van der Waals surface area contributed by atoms with Gasteiger partial charge in [-0.1, -0.05) is 0 Å². The number of carbonyl (C=O) groups excluding carboxylic acids is 1. The zero-order valence-corrected chi connectivity index (χ0v) is 10.5. The molecule has 5 nitrogen and oxygen atoms in total. The summed E-state index contributed by atoms with van der Waals surface area (Å²) >= 11 is 0. The quantitative estimate of drug-likeness (QED) is 0.528. The van der Waals surface area contributed by atoms with Crippen LogP contribution in [0.4, 0.5) is 27.6 Å². The van der Waals surface area contributed by atoms with Gasteiger partial charge in [0.15, 0.2) is 11.6 Å².